The first kappa shape index (κ1) is 43.2. The Labute approximate surface area is 286 Å². The van der Waals surface area contributed by atoms with Gasteiger partial charge in [0.25, 0.3) is 0 Å². The van der Waals surface area contributed by atoms with Gasteiger partial charge < -0.3 is 52.1 Å². The van der Waals surface area contributed by atoms with Crippen molar-refractivity contribution in [2.45, 2.75) is 117 Å². The van der Waals surface area contributed by atoms with Gasteiger partial charge in [-0.2, -0.15) is 0 Å². The van der Waals surface area contributed by atoms with E-state index in [4.69, 9.17) is 52.1 Å². The van der Waals surface area contributed by atoms with Crippen molar-refractivity contribution in [3.05, 3.63) is 0 Å². The maximum Gasteiger partial charge on any atom is 0.303 e. The largest absolute Gasteiger partial charge is 0.463 e. The van der Waals surface area contributed by atoms with E-state index >= 15 is 0 Å². The van der Waals surface area contributed by atoms with Gasteiger partial charge in [-0.1, -0.05) is 0 Å². The number of esters is 9. The molecular formula is C30H42O20. The fourth-order valence-corrected chi connectivity index (χ4v) is 4.59. The lowest BCUT2D eigenvalue weighted by molar-refractivity contribution is -0.331. The predicted octanol–water partition coefficient (Wildman–Crippen LogP) is -0.624. The van der Waals surface area contributed by atoms with E-state index < -0.39 is 129 Å². The van der Waals surface area contributed by atoms with Gasteiger partial charge >= 0.3 is 53.7 Å². The number of hydrogen-bond acceptors (Lipinski definition) is 20. The van der Waals surface area contributed by atoms with Crippen LogP contribution in [0.3, 0.4) is 0 Å². The van der Waals surface area contributed by atoms with Gasteiger partial charge in [0.05, 0.1) is 0 Å². The zero-order valence-electron chi connectivity index (χ0n) is 29.0. The van der Waals surface area contributed by atoms with Gasteiger partial charge in [0, 0.05) is 62.3 Å². The van der Waals surface area contributed by atoms with Crippen molar-refractivity contribution in [1.82, 2.24) is 0 Å². The van der Waals surface area contributed by atoms with Gasteiger partial charge in [0.2, 0.25) is 0 Å². The topological polar surface area (TPSA) is 255 Å². The van der Waals surface area contributed by atoms with E-state index in [-0.39, 0.29) is 0 Å². The Hall–Kier alpha value is -4.85. The van der Waals surface area contributed by atoms with Gasteiger partial charge in [-0.3, -0.25) is 43.2 Å². The first-order chi connectivity index (χ1) is 23.2. The molecule has 0 saturated carbocycles. The Balaban J connectivity index is 4.07. The third-order valence-electron chi connectivity index (χ3n) is 6.13. The maximum absolute atomic E-state index is 12.4. The van der Waals surface area contributed by atoms with Crippen molar-refractivity contribution in [3.8, 4) is 0 Å². The highest BCUT2D eigenvalue weighted by molar-refractivity contribution is 5.70. The van der Waals surface area contributed by atoms with Crippen molar-refractivity contribution in [1.29, 1.82) is 0 Å². The highest BCUT2D eigenvalue weighted by atomic mass is 16.8. The lowest BCUT2D eigenvalue weighted by Gasteiger charge is -2.46. The summed E-state index contributed by atoms with van der Waals surface area (Å²) in [6.45, 7) is 6.74. The van der Waals surface area contributed by atoms with Crippen molar-refractivity contribution in [3.63, 3.8) is 0 Å². The second kappa shape index (κ2) is 20.6. The smallest absolute Gasteiger partial charge is 0.303 e. The van der Waals surface area contributed by atoms with E-state index in [1.165, 1.54) is 0 Å². The summed E-state index contributed by atoms with van der Waals surface area (Å²) in [5, 5.41) is 0. The molecule has 0 N–H and O–H groups in total. The fraction of sp³-hybridized carbons (Fsp3) is 0.700. The number of hydrogen-bond donors (Lipinski definition) is 0. The van der Waals surface area contributed by atoms with Gasteiger partial charge in [0.15, 0.2) is 42.9 Å². The Morgan fingerprint density at radius 3 is 1.26 bits per heavy atom. The van der Waals surface area contributed by atoms with E-state index in [9.17, 15) is 43.2 Å². The second-order valence-electron chi connectivity index (χ2n) is 10.6. The Morgan fingerprint density at radius 2 is 0.860 bits per heavy atom. The van der Waals surface area contributed by atoms with Crippen LogP contribution in [-0.2, 0) is 95.3 Å². The normalized spacial score (nSPS) is 22.1. The fourth-order valence-electron chi connectivity index (χ4n) is 4.59. The van der Waals surface area contributed by atoms with Gasteiger partial charge in [-0.15, -0.1) is 0 Å². The predicted molar refractivity (Wildman–Crippen MR) is 157 cm³/mol. The minimum absolute atomic E-state index is 0.654. The molecule has 1 rings (SSSR count). The average molecular weight is 723 g/mol. The molecule has 0 aliphatic carbocycles. The number of carbonyl (C=O) groups excluding carboxylic acids is 9. The van der Waals surface area contributed by atoms with Gasteiger partial charge in [0.1, 0.15) is 32.0 Å². The van der Waals surface area contributed by atoms with Crippen molar-refractivity contribution >= 4 is 53.7 Å². The summed E-state index contributed by atoms with van der Waals surface area (Å²) >= 11 is 0. The first-order valence-electron chi connectivity index (χ1n) is 15.0. The number of carbonyl (C=O) groups is 9. The summed E-state index contributed by atoms with van der Waals surface area (Å²) < 4.78 is 59.5. The van der Waals surface area contributed by atoms with Crippen LogP contribution in [-0.4, -0.2) is 129 Å². The third-order valence-corrected chi connectivity index (χ3v) is 6.13. The van der Waals surface area contributed by atoms with Crippen molar-refractivity contribution < 1.29 is 95.3 Å². The molecule has 1 saturated heterocycles. The molecule has 282 valence electrons. The summed E-state index contributed by atoms with van der Waals surface area (Å²) in [7, 11) is 0. The molecule has 0 aromatic carbocycles. The molecule has 0 radical (unpaired) electrons. The van der Waals surface area contributed by atoms with E-state index in [0.717, 1.165) is 62.3 Å². The molecule has 1 aliphatic heterocycles. The molecule has 20 heteroatoms. The second-order valence-corrected chi connectivity index (χ2v) is 10.6. The monoisotopic (exact) mass is 722 g/mol. The quantitative estimate of drug-likeness (QED) is 0.134. The van der Waals surface area contributed by atoms with Crippen molar-refractivity contribution in [2.75, 3.05) is 19.8 Å². The van der Waals surface area contributed by atoms with Crippen LogP contribution in [0.15, 0.2) is 0 Å². The molecule has 0 aromatic rings. The van der Waals surface area contributed by atoms with E-state index in [1.807, 2.05) is 0 Å². The summed E-state index contributed by atoms with van der Waals surface area (Å²) in [4.78, 5) is 109. The summed E-state index contributed by atoms with van der Waals surface area (Å²) in [5.41, 5.74) is 0. The zero-order valence-corrected chi connectivity index (χ0v) is 29.0. The van der Waals surface area contributed by atoms with Crippen LogP contribution in [0.5, 0.6) is 0 Å². The van der Waals surface area contributed by atoms with Gasteiger partial charge in [-0.05, 0) is 0 Å². The van der Waals surface area contributed by atoms with Crippen LogP contribution in [0, 0.1) is 0 Å². The molecule has 0 spiro atoms. The molecular weight excluding hydrogens is 680 g/mol. The van der Waals surface area contributed by atoms with E-state index in [0.29, 0.717) is 0 Å². The molecule has 1 aliphatic rings. The minimum atomic E-state index is -1.97. The van der Waals surface area contributed by atoms with Crippen molar-refractivity contribution in [2.24, 2.45) is 0 Å². The Morgan fingerprint density at radius 1 is 0.460 bits per heavy atom. The standard InChI is InChI=1S/C30H42O20/c1-13(31)40-10-22(43-16(4)34)25(45-18(6)36)26(23(44-17(5)35)11-41-14(2)32)50-30-29(48-21(9)39)28(47-20(8)38)27(46-19(7)37)24(49-30)12-42-15(3)33/h22-30H,10-12H2,1-9H3/t22-,23+,24-,25-,26-,27-,28+,29-,30-/m1/s1. The van der Waals surface area contributed by atoms with Crippen LogP contribution in [0.1, 0.15) is 62.3 Å². The zero-order chi connectivity index (χ0) is 38.3. The van der Waals surface area contributed by atoms with Crippen LogP contribution >= 0.6 is 0 Å². The average Bonchev–Trinajstić information content (AvgIpc) is 2.95. The molecule has 0 amide bonds. The lowest BCUT2D eigenvalue weighted by Crippen LogP contribution is -2.65. The highest BCUT2D eigenvalue weighted by Gasteiger charge is 2.55. The molecule has 1 fully saturated rings. The van der Waals surface area contributed by atoms with E-state index in [1.54, 1.807) is 0 Å². The number of ether oxygens (including phenoxy) is 11. The third kappa shape index (κ3) is 15.6. The van der Waals surface area contributed by atoms with Crippen LogP contribution in [0.25, 0.3) is 0 Å². The maximum atomic E-state index is 12.4. The highest BCUT2D eigenvalue weighted by Crippen LogP contribution is 2.33. The molecule has 0 bridgehead atoms. The molecule has 0 unspecified atom stereocenters. The molecule has 50 heavy (non-hydrogen) atoms. The first-order valence-corrected chi connectivity index (χ1v) is 15.0. The van der Waals surface area contributed by atoms with Crippen LogP contribution < -0.4 is 0 Å². The lowest BCUT2D eigenvalue weighted by atomic mass is 9.97. The molecule has 9 atom stereocenters. The molecule has 1 heterocycles. The van der Waals surface area contributed by atoms with Gasteiger partial charge in [-0.25, -0.2) is 0 Å². The van der Waals surface area contributed by atoms with Crippen LogP contribution in [0.2, 0.25) is 0 Å². The molecule has 0 aromatic heterocycles. The summed E-state index contributed by atoms with van der Waals surface area (Å²) in [6, 6.07) is 0. The summed E-state index contributed by atoms with van der Waals surface area (Å²) in [5.74, 6) is -8.38. The summed E-state index contributed by atoms with van der Waals surface area (Å²) in [6.07, 6.45) is -15.9. The Kier molecular flexibility index (Phi) is 17.8. The SMILES string of the molecule is CC(=O)OC[C@H](OC(C)=O)[C@@H](O[C@H]1O[C@H](COC(C)=O)[C@@H](OC(C)=O)[C@H](OC(C)=O)[C@H]1OC(C)=O)[C@H](OC(C)=O)[C@@H](COC(C)=O)OC(C)=O. The van der Waals surface area contributed by atoms with Crippen LogP contribution in [0.4, 0.5) is 0 Å². The minimum Gasteiger partial charge on any atom is -0.463 e. The number of rotatable bonds is 17. The molecule has 20 nitrogen and oxygen atoms in total. The van der Waals surface area contributed by atoms with E-state index in [2.05, 4.69) is 0 Å². The Bertz CT molecular complexity index is 1260.